The molecule has 1 amide bonds. The molecule has 32 heavy (non-hydrogen) atoms. The van der Waals surface area contributed by atoms with Gasteiger partial charge in [0.2, 0.25) is 5.91 Å². The molecule has 0 spiro atoms. The highest BCUT2D eigenvalue weighted by Crippen LogP contribution is 2.28. The summed E-state index contributed by atoms with van der Waals surface area (Å²) < 4.78 is 2.10. The summed E-state index contributed by atoms with van der Waals surface area (Å²) in [5, 5.41) is 9.70. The molecule has 1 aromatic carbocycles. The zero-order valence-electron chi connectivity index (χ0n) is 18.9. The number of amides is 1. The molecule has 2 aromatic heterocycles. The summed E-state index contributed by atoms with van der Waals surface area (Å²) in [6.45, 7) is 4.89. The number of benzene rings is 1. The van der Waals surface area contributed by atoms with Crippen LogP contribution in [-0.2, 0) is 11.3 Å². The predicted molar refractivity (Wildman–Crippen MR) is 128 cm³/mol. The van der Waals surface area contributed by atoms with Gasteiger partial charge in [-0.3, -0.25) is 14.3 Å². The van der Waals surface area contributed by atoms with E-state index in [1.54, 1.807) is 12.4 Å². The summed E-state index contributed by atoms with van der Waals surface area (Å²) in [7, 11) is 0. The summed E-state index contributed by atoms with van der Waals surface area (Å²) in [4.78, 5) is 19.5. The van der Waals surface area contributed by atoms with Crippen LogP contribution in [0.1, 0.15) is 51.5 Å². The number of aromatic nitrogens is 4. The Balaban J connectivity index is 1.55. The minimum Gasteiger partial charge on any atom is -0.337 e. The Labute approximate surface area is 194 Å². The van der Waals surface area contributed by atoms with Crippen LogP contribution in [0.3, 0.4) is 0 Å². The molecule has 0 aliphatic heterocycles. The van der Waals surface area contributed by atoms with E-state index < -0.39 is 0 Å². The molecule has 168 valence electrons. The largest absolute Gasteiger partial charge is 0.337 e. The maximum atomic E-state index is 13.2. The number of thioether (sulfide) groups is 1. The number of rotatable bonds is 8. The monoisotopic (exact) mass is 449 g/mol. The molecule has 1 aliphatic carbocycles. The quantitative estimate of drug-likeness (QED) is 0.450. The van der Waals surface area contributed by atoms with Gasteiger partial charge in [-0.1, -0.05) is 61.4 Å². The van der Waals surface area contributed by atoms with Gasteiger partial charge in [-0.2, -0.15) is 0 Å². The summed E-state index contributed by atoms with van der Waals surface area (Å²) in [6, 6.07) is 14.7. The third-order valence-corrected chi connectivity index (χ3v) is 6.93. The van der Waals surface area contributed by atoms with Crippen molar-refractivity contribution in [1.29, 1.82) is 0 Å². The van der Waals surface area contributed by atoms with E-state index in [9.17, 15) is 4.79 Å². The maximum Gasteiger partial charge on any atom is 0.233 e. The summed E-state index contributed by atoms with van der Waals surface area (Å²) in [6.07, 6.45) is 9.47. The highest BCUT2D eigenvalue weighted by Gasteiger charge is 2.28. The number of carbonyl (C=O) groups is 1. The van der Waals surface area contributed by atoms with Crippen LogP contribution in [0, 0.1) is 0 Å². The molecule has 3 aromatic rings. The molecular weight excluding hydrogens is 418 g/mol. The van der Waals surface area contributed by atoms with Gasteiger partial charge in [0.25, 0.3) is 0 Å². The third-order valence-electron chi connectivity index (χ3n) is 5.98. The molecule has 0 N–H and O–H groups in total. The molecule has 0 saturated heterocycles. The first-order valence-corrected chi connectivity index (χ1v) is 12.4. The number of carbonyl (C=O) groups excluding carboxylic acids is 1. The van der Waals surface area contributed by atoms with Gasteiger partial charge in [0, 0.05) is 30.0 Å². The van der Waals surface area contributed by atoms with Gasteiger partial charge < -0.3 is 4.90 Å². The van der Waals surface area contributed by atoms with Crippen LogP contribution in [0.2, 0.25) is 0 Å². The van der Waals surface area contributed by atoms with Crippen molar-refractivity contribution < 1.29 is 4.79 Å². The molecule has 2 heterocycles. The van der Waals surface area contributed by atoms with Crippen molar-refractivity contribution in [3.05, 3.63) is 60.4 Å². The molecule has 0 atom stereocenters. The van der Waals surface area contributed by atoms with E-state index in [1.807, 2.05) is 30.3 Å². The van der Waals surface area contributed by atoms with Gasteiger partial charge >= 0.3 is 0 Å². The van der Waals surface area contributed by atoms with Gasteiger partial charge in [0.05, 0.1) is 12.3 Å². The summed E-state index contributed by atoms with van der Waals surface area (Å²) in [5.41, 5.74) is 2.13. The van der Waals surface area contributed by atoms with Crippen molar-refractivity contribution in [1.82, 2.24) is 24.6 Å². The first kappa shape index (κ1) is 22.5. The fourth-order valence-electron chi connectivity index (χ4n) is 4.49. The molecule has 0 unspecified atom stereocenters. The minimum atomic E-state index is 0.191. The second-order valence-corrected chi connectivity index (χ2v) is 9.53. The Hall–Kier alpha value is -2.67. The van der Waals surface area contributed by atoms with Crippen LogP contribution in [0.25, 0.3) is 11.4 Å². The predicted octanol–water partition coefficient (Wildman–Crippen LogP) is 5.05. The number of nitrogens with zero attached hydrogens (tertiary/aromatic N) is 5. The Morgan fingerprint density at radius 2 is 1.78 bits per heavy atom. The lowest BCUT2D eigenvalue weighted by molar-refractivity contribution is -0.133. The van der Waals surface area contributed by atoms with Gasteiger partial charge in [0.15, 0.2) is 11.0 Å². The van der Waals surface area contributed by atoms with Crippen LogP contribution in [-0.4, -0.2) is 48.4 Å². The van der Waals surface area contributed by atoms with E-state index >= 15 is 0 Å². The molecular formula is C25H31N5OS. The molecule has 0 bridgehead atoms. The van der Waals surface area contributed by atoms with Crippen LogP contribution >= 0.6 is 11.8 Å². The lowest BCUT2D eigenvalue weighted by Gasteiger charge is -2.37. The van der Waals surface area contributed by atoms with Gasteiger partial charge in [-0.05, 0) is 44.4 Å². The molecule has 4 rings (SSSR count). The Kier molecular flexibility index (Phi) is 7.58. The van der Waals surface area contributed by atoms with E-state index in [0.717, 1.165) is 29.4 Å². The van der Waals surface area contributed by atoms with E-state index in [-0.39, 0.29) is 11.9 Å². The Bertz CT molecular complexity index is 1000. The maximum absolute atomic E-state index is 13.2. The average Bonchev–Trinajstić information content (AvgIpc) is 3.22. The van der Waals surface area contributed by atoms with Crippen molar-refractivity contribution in [2.45, 2.75) is 69.7 Å². The molecule has 1 fully saturated rings. The molecule has 1 saturated carbocycles. The van der Waals surface area contributed by atoms with Crippen molar-refractivity contribution in [2.75, 3.05) is 5.75 Å². The lowest BCUT2D eigenvalue weighted by atomic mass is 9.93. The van der Waals surface area contributed by atoms with Gasteiger partial charge in [-0.15, -0.1) is 10.2 Å². The van der Waals surface area contributed by atoms with Gasteiger partial charge in [-0.25, -0.2) is 0 Å². The number of pyridine rings is 1. The van der Waals surface area contributed by atoms with Crippen LogP contribution in [0.5, 0.6) is 0 Å². The Morgan fingerprint density at radius 3 is 2.47 bits per heavy atom. The van der Waals surface area contributed by atoms with E-state index in [1.165, 1.54) is 36.6 Å². The van der Waals surface area contributed by atoms with E-state index in [4.69, 9.17) is 0 Å². The van der Waals surface area contributed by atoms with Gasteiger partial charge in [0.1, 0.15) is 0 Å². The highest BCUT2D eigenvalue weighted by molar-refractivity contribution is 7.99. The van der Waals surface area contributed by atoms with Crippen molar-refractivity contribution in [3.63, 3.8) is 0 Å². The van der Waals surface area contributed by atoms with Crippen LogP contribution < -0.4 is 0 Å². The van der Waals surface area contributed by atoms with E-state index in [0.29, 0.717) is 18.3 Å². The normalized spacial score (nSPS) is 14.6. The first-order chi connectivity index (χ1) is 15.6. The van der Waals surface area contributed by atoms with E-state index in [2.05, 4.69) is 50.6 Å². The van der Waals surface area contributed by atoms with Crippen LogP contribution in [0.15, 0.2) is 60.0 Å². The van der Waals surface area contributed by atoms with Crippen LogP contribution in [0.4, 0.5) is 0 Å². The fraction of sp³-hybridized carbons (Fsp3) is 0.440. The smallest absolute Gasteiger partial charge is 0.233 e. The van der Waals surface area contributed by atoms with Crippen molar-refractivity contribution in [3.8, 4) is 11.4 Å². The lowest BCUT2D eigenvalue weighted by Crippen LogP contribution is -2.46. The topological polar surface area (TPSA) is 63.9 Å². The minimum absolute atomic E-state index is 0.191. The standard InChI is InChI=1S/C25H31N5OS/c1-19(2)30(22-11-7-4-8-12-22)23(31)18-32-25-28-27-24(21-13-15-26-16-14-21)29(25)17-20-9-5-3-6-10-20/h3,5-6,9-10,13-16,19,22H,4,7-8,11-12,17-18H2,1-2H3. The zero-order valence-corrected chi connectivity index (χ0v) is 19.7. The van der Waals surface area contributed by atoms with Crippen molar-refractivity contribution >= 4 is 17.7 Å². The number of hydrogen-bond acceptors (Lipinski definition) is 5. The first-order valence-electron chi connectivity index (χ1n) is 11.4. The Morgan fingerprint density at radius 1 is 1.06 bits per heavy atom. The molecule has 6 nitrogen and oxygen atoms in total. The molecule has 1 aliphatic rings. The molecule has 7 heteroatoms. The number of hydrogen-bond donors (Lipinski definition) is 0. The summed E-state index contributed by atoms with van der Waals surface area (Å²) >= 11 is 1.48. The highest BCUT2D eigenvalue weighted by atomic mass is 32.2. The second-order valence-electron chi connectivity index (χ2n) is 8.59. The average molecular weight is 450 g/mol. The SMILES string of the molecule is CC(C)N(C(=O)CSc1nnc(-c2ccncc2)n1Cc1ccccc1)C1CCCCC1. The summed E-state index contributed by atoms with van der Waals surface area (Å²) in [5.74, 6) is 1.36. The fourth-order valence-corrected chi connectivity index (χ4v) is 5.30. The van der Waals surface area contributed by atoms with Crippen molar-refractivity contribution in [2.24, 2.45) is 0 Å². The zero-order chi connectivity index (χ0) is 22.3. The molecule has 0 radical (unpaired) electrons. The second kappa shape index (κ2) is 10.8. The third kappa shape index (κ3) is 5.38.